The third-order valence-corrected chi connectivity index (χ3v) is 1.32. The molecule has 9 heteroatoms. The Balaban J connectivity index is 0. The van der Waals surface area contributed by atoms with Crippen LogP contribution in [0.3, 0.4) is 0 Å². The monoisotopic (exact) mass is 184 g/mol. The van der Waals surface area contributed by atoms with Crippen molar-refractivity contribution in [3.63, 3.8) is 0 Å². The van der Waals surface area contributed by atoms with E-state index in [1.165, 1.54) is 0 Å². The van der Waals surface area contributed by atoms with Crippen LogP contribution in [0, 0.1) is 0 Å². The minimum absolute atomic E-state index is 0. The Labute approximate surface area is 71.8 Å². The van der Waals surface area contributed by atoms with Gasteiger partial charge in [0, 0.05) is 0 Å². The minimum Gasteiger partial charge on any atom is -0.543 e. The Hall–Kier alpha value is -0.193. The van der Waals surface area contributed by atoms with E-state index in [1.54, 1.807) is 0 Å². The average Bonchev–Trinajstić information content (AvgIpc) is 1.62. The van der Waals surface area contributed by atoms with Gasteiger partial charge in [-0.15, -0.1) is 0 Å². The summed E-state index contributed by atoms with van der Waals surface area (Å²) < 4.78 is 52.6. The number of rotatable bonds is 2. The molecule has 4 nitrogen and oxygen atoms in total. The van der Waals surface area contributed by atoms with E-state index in [-0.39, 0.29) is 18.9 Å². The van der Waals surface area contributed by atoms with Crippen LogP contribution in [-0.2, 0) is 15.0 Å². The quantitative estimate of drug-likeness (QED) is 0.321. The topological polar surface area (TPSA) is 74.3 Å². The Bertz CT molecular complexity index is 246. The number of hydrogen-bond donors (Lipinski definition) is 0. The fourth-order valence-electron chi connectivity index (χ4n) is 0.0995. The molecule has 60 valence electrons. The second kappa shape index (κ2) is 3.47. The van der Waals surface area contributed by atoms with Crippen molar-refractivity contribution in [2.24, 2.45) is 0 Å². The normalized spacial score (nSPS) is 11.9. The zero-order chi connectivity index (χ0) is 8.58. The summed E-state index contributed by atoms with van der Waals surface area (Å²) in [6, 6.07) is 0. The summed E-state index contributed by atoms with van der Waals surface area (Å²) >= 11 is 0. The fourth-order valence-corrected chi connectivity index (χ4v) is 0.299. The van der Waals surface area contributed by atoms with Gasteiger partial charge in [0.1, 0.15) is 5.97 Å². The Morgan fingerprint density at radius 3 is 1.64 bits per heavy atom. The van der Waals surface area contributed by atoms with Gasteiger partial charge in [0.2, 0.25) is 0 Å². The number of alkyl halides is 2. The molecule has 0 saturated heterocycles. The second-order valence-corrected chi connectivity index (χ2v) is 2.63. The first-order chi connectivity index (χ1) is 4.19. The van der Waals surface area contributed by atoms with E-state index in [4.69, 9.17) is 0 Å². The maximum atomic E-state index is 11.4. The van der Waals surface area contributed by atoms with Crippen molar-refractivity contribution in [2.45, 2.75) is 5.25 Å². The van der Waals surface area contributed by atoms with Gasteiger partial charge < -0.3 is 9.90 Å². The van der Waals surface area contributed by atoms with Gasteiger partial charge in [-0.05, 0) is 0 Å². The third kappa shape index (κ3) is 2.73. The smallest absolute Gasteiger partial charge is 0.543 e. The van der Waals surface area contributed by atoms with E-state index in [0.717, 1.165) is 0 Å². The van der Waals surface area contributed by atoms with E-state index in [1.807, 2.05) is 0 Å². The van der Waals surface area contributed by atoms with E-state index >= 15 is 0 Å². The first-order valence-corrected chi connectivity index (χ1v) is 3.11. The summed E-state index contributed by atoms with van der Waals surface area (Å²) in [5, 5.41) is 3.74. The number of carbonyl (C=O) groups is 1. The van der Waals surface area contributed by atoms with Gasteiger partial charge in [-0.25, -0.2) is 0 Å². The molecule has 0 spiro atoms. The van der Waals surface area contributed by atoms with Crippen LogP contribution in [0.5, 0.6) is 0 Å². The van der Waals surface area contributed by atoms with E-state index in [0.29, 0.717) is 0 Å². The zero-order valence-corrected chi connectivity index (χ0v) is 5.99. The molecule has 0 radical (unpaired) electrons. The largest absolute Gasteiger partial charge is 1.00 e. The molecule has 0 saturated carbocycles. The second-order valence-electron chi connectivity index (χ2n) is 1.24. The Kier molecular flexibility index (Phi) is 4.23. The van der Waals surface area contributed by atoms with Crippen LogP contribution in [0.2, 0.25) is 0 Å². The summed E-state index contributed by atoms with van der Waals surface area (Å²) in [5.41, 5.74) is 0. The van der Waals surface area contributed by atoms with Crippen LogP contribution in [-0.4, -0.2) is 19.6 Å². The summed E-state index contributed by atoms with van der Waals surface area (Å²) in [6.07, 6.45) is 0. The van der Waals surface area contributed by atoms with Crippen molar-refractivity contribution < 1.29 is 49.8 Å². The van der Waals surface area contributed by atoms with E-state index in [2.05, 4.69) is 0 Å². The predicted octanol–water partition coefficient (Wildman–Crippen LogP) is -4.37. The van der Waals surface area contributed by atoms with Gasteiger partial charge in [-0.3, -0.25) is 0 Å². The molecule has 0 N–H and O–H groups in total. The average molecular weight is 184 g/mol. The standard InChI is InChI=1S/C2HF3O4S.Li/c3-2(4,1(6)7)10(5,8)9;/h(H,6,7);/q;+1/p-1. The molecule has 0 aliphatic rings. The van der Waals surface area contributed by atoms with Crippen LogP contribution < -0.4 is 24.0 Å². The van der Waals surface area contributed by atoms with E-state index in [9.17, 15) is 31.0 Å². The van der Waals surface area contributed by atoms with Crippen molar-refractivity contribution in [1.29, 1.82) is 0 Å². The molecule has 0 unspecified atom stereocenters. The van der Waals surface area contributed by atoms with Crippen LogP contribution >= 0.6 is 0 Å². The molecule has 0 bridgehead atoms. The van der Waals surface area contributed by atoms with Gasteiger partial charge in [0.05, 0.1) is 0 Å². The summed E-state index contributed by atoms with van der Waals surface area (Å²) in [6.45, 7) is 0. The number of carbonyl (C=O) groups excluding carboxylic acids is 1. The summed E-state index contributed by atoms with van der Waals surface area (Å²) in [5.74, 6) is -3.28. The molecule has 0 aliphatic carbocycles. The van der Waals surface area contributed by atoms with Gasteiger partial charge in [-0.2, -0.15) is 17.2 Å². The molecule has 0 aromatic rings. The van der Waals surface area contributed by atoms with Crippen molar-refractivity contribution in [1.82, 2.24) is 0 Å². The van der Waals surface area contributed by atoms with Crippen LogP contribution in [0.1, 0.15) is 0 Å². The van der Waals surface area contributed by atoms with Crippen molar-refractivity contribution >= 4 is 16.2 Å². The van der Waals surface area contributed by atoms with Gasteiger partial charge in [0.25, 0.3) is 0 Å². The summed E-state index contributed by atoms with van der Waals surface area (Å²) in [4.78, 5) is 9.19. The Morgan fingerprint density at radius 2 is 1.64 bits per heavy atom. The predicted molar refractivity (Wildman–Crippen MR) is 20.0 cm³/mol. The number of hydrogen-bond acceptors (Lipinski definition) is 4. The first kappa shape index (κ1) is 13.4. The molecule has 0 amide bonds. The molecular formula is C2F3LiO4S. The van der Waals surface area contributed by atoms with Gasteiger partial charge >= 0.3 is 34.3 Å². The maximum Gasteiger partial charge on any atom is 1.00 e. The Morgan fingerprint density at radius 1 is 1.36 bits per heavy atom. The number of carboxylic acid groups (broad SMARTS) is 1. The number of aliphatic carboxylic acids is 1. The number of halogens is 3. The maximum absolute atomic E-state index is 11.4. The number of carboxylic acids is 1. The molecule has 0 aromatic carbocycles. The molecule has 0 heterocycles. The molecule has 0 rings (SSSR count). The molecular weight excluding hydrogens is 184 g/mol. The van der Waals surface area contributed by atoms with Crippen molar-refractivity contribution in [3.05, 3.63) is 0 Å². The van der Waals surface area contributed by atoms with Gasteiger partial charge in [0.15, 0.2) is 0 Å². The molecule has 11 heavy (non-hydrogen) atoms. The first-order valence-electron chi connectivity index (χ1n) is 1.73. The van der Waals surface area contributed by atoms with E-state index < -0.39 is 21.4 Å². The molecule has 0 aromatic heterocycles. The van der Waals surface area contributed by atoms with Crippen LogP contribution in [0.25, 0.3) is 0 Å². The fraction of sp³-hybridized carbons (Fsp3) is 0.500. The molecule has 0 aliphatic heterocycles. The van der Waals surface area contributed by atoms with Crippen molar-refractivity contribution in [3.8, 4) is 0 Å². The van der Waals surface area contributed by atoms with Crippen molar-refractivity contribution in [2.75, 3.05) is 0 Å². The van der Waals surface area contributed by atoms with Crippen LogP contribution in [0.15, 0.2) is 0 Å². The van der Waals surface area contributed by atoms with Gasteiger partial charge in [-0.1, -0.05) is 3.89 Å². The molecule has 0 atom stereocenters. The zero-order valence-electron chi connectivity index (χ0n) is 5.18. The van der Waals surface area contributed by atoms with Crippen LogP contribution in [0.4, 0.5) is 12.7 Å². The molecule has 0 fully saturated rings. The SMILES string of the molecule is O=C([O-])C(F)(F)S(=O)(=O)F.[Li+]. The summed E-state index contributed by atoms with van der Waals surface area (Å²) in [7, 11) is -6.40. The minimum atomic E-state index is -6.40. The third-order valence-electron chi connectivity index (χ3n) is 0.544.